The number of benzodiazepines with no additional fused rings is 1. The molecule has 2 aliphatic rings. The fourth-order valence-corrected chi connectivity index (χ4v) is 3.43. The molecule has 1 aromatic carbocycles. The normalized spacial score (nSPS) is 23.9. The molecule has 3 rings (SSSR count). The topological polar surface area (TPSA) is 59.9 Å². The first-order valence-corrected chi connectivity index (χ1v) is 8.82. The Bertz CT molecular complexity index is 627. The zero-order valence-corrected chi connectivity index (χ0v) is 14.6. The van der Waals surface area contributed by atoms with Crippen molar-refractivity contribution in [1.29, 1.82) is 0 Å². The Kier molecular flexibility index (Phi) is 5.87. The van der Waals surface area contributed by atoms with E-state index in [0.29, 0.717) is 24.7 Å². The van der Waals surface area contributed by atoms with Crippen LogP contribution < -0.4 is 5.32 Å². The molecule has 1 fully saturated rings. The lowest BCUT2D eigenvalue weighted by Crippen LogP contribution is -2.28. The first-order valence-electron chi connectivity index (χ1n) is 8.44. The molecule has 0 saturated carbocycles. The molecule has 2 atom stereocenters. The number of ether oxygens (including phenoxy) is 2. The van der Waals surface area contributed by atoms with Gasteiger partial charge in [-0.15, -0.1) is 0 Å². The molecule has 1 N–H and O–H groups in total. The maximum Gasteiger partial charge on any atom is 0.249 e. The van der Waals surface area contributed by atoms with Gasteiger partial charge >= 0.3 is 0 Å². The number of nitrogens with zero attached hydrogens (tertiary/aromatic N) is 1. The average molecular weight is 351 g/mol. The van der Waals surface area contributed by atoms with Crippen molar-refractivity contribution in [2.45, 2.75) is 31.7 Å². The number of anilines is 1. The van der Waals surface area contributed by atoms with Crippen LogP contribution in [0.4, 0.5) is 5.69 Å². The Morgan fingerprint density at radius 2 is 2.33 bits per heavy atom. The summed E-state index contributed by atoms with van der Waals surface area (Å²) >= 11 is 6.12. The first kappa shape index (κ1) is 17.4. The van der Waals surface area contributed by atoms with E-state index in [2.05, 4.69) is 5.32 Å². The van der Waals surface area contributed by atoms with E-state index in [4.69, 9.17) is 26.1 Å². The summed E-state index contributed by atoms with van der Waals surface area (Å²) in [5.74, 6) is 0.137. The third-order valence-corrected chi connectivity index (χ3v) is 4.72. The second kappa shape index (κ2) is 8.10. The smallest absolute Gasteiger partial charge is 0.249 e. The minimum atomic E-state index is -0.400. The number of hydrogen-bond donors (Lipinski definition) is 1. The molecule has 2 unspecified atom stereocenters. The Balaban J connectivity index is 1.94. The van der Waals surface area contributed by atoms with E-state index in [-0.39, 0.29) is 11.8 Å². The van der Waals surface area contributed by atoms with Crippen molar-refractivity contribution in [2.24, 2.45) is 10.9 Å². The summed E-state index contributed by atoms with van der Waals surface area (Å²) in [6, 6.07) is 5.19. The summed E-state index contributed by atoms with van der Waals surface area (Å²) in [5.41, 5.74) is 2.66. The van der Waals surface area contributed by atoms with Crippen molar-refractivity contribution in [3.63, 3.8) is 0 Å². The fourth-order valence-electron chi connectivity index (χ4n) is 3.25. The molecule has 2 aliphatic heterocycles. The monoisotopic (exact) mass is 350 g/mol. The van der Waals surface area contributed by atoms with Crippen LogP contribution in [0.5, 0.6) is 0 Å². The second-order valence-electron chi connectivity index (χ2n) is 6.26. The summed E-state index contributed by atoms with van der Waals surface area (Å²) in [6.45, 7) is 2.07. The molecule has 6 heteroatoms. The molecule has 130 valence electrons. The van der Waals surface area contributed by atoms with Crippen molar-refractivity contribution >= 4 is 28.9 Å². The van der Waals surface area contributed by atoms with Gasteiger partial charge in [-0.2, -0.15) is 0 Å². The molecule has 2 heterocycles. The number of nitrogens with one attached hydrogen (secondary N) is 1. The summed E-state index contributed by atoms with van der Waals surface area (Å²) in [6.07, 6.45) is 3.50. The van der Waals surface area contributed by atoms with Gasteiger partial charge in [-0.3, -0.25) is 9.79 Å². The number of hydrogen-bond acceptors (Lipinski definition) is 4. The molecule has 1 aromatic rings. The van der Waals surface area contributed by atoms with Gasteiger partial charge in [0.25, 0.3) is 0 Å². The van der Waals surface area contributed by atoms with Crippen molar-refractivity contribution in [3.8, 4) is 0 Å². The number of fused-ring (bicyclic) bond motifs is 1. The van der Waals surface area contributed by atoms with Gasteiger partial charge in [0.05, 0.1) is 18.0 Å². The van der Waals surface area contributed by atoms with Gasteiger partial charge in [-0.05, 0) is 43.9 Å². The molecule has 0 radical (unpaired) electrons. The van der Waals surface area contributed by atoms with Crippen LogP contribution in [-0.2, 0) is 14.3 Å². The Morgan fingerprint density at radius 1 is 1.46 bits per heavy atom. The van der Waals surface area contributed by atoms with Crippen LogP contribution in [0.2, 0.25) is 5.02 Å². The third kappa shape index (κ3) is 3.97. The Morgan fingerprint density at radius 3 is 3.08 bits per heavy atom. The van der Waals surface area contributed by atoms with Crippen LogP contribution in [0, 0.1) is 5.92 Å². The SMILES string of the molecule is COCCCC1N=C(C2CCCOC2)c2ccc(Cl)cc2NC1=O. The average Bonchev–Trinajstić information content (AvgIpc) is 2.72. The summed E-state index contributed by atoms with van der Waals surface area (Å²) in [5, 5.41) is 3.59. The van der Waals surface area contributed by atoms with Crippen molar-refractivity contribution in [2.75, 3.05) is 32.2 Å². The van der Waals surface area contributed by atoms with E-state index in [9.17, 15) is 4.79 Å². The molecular weight excluding hydrogens is 328 g/mol. The van der Waals surface area contributed by atoms with Crippen LogP contribution in [0.15, 0.2) is 23.2 Å². The van der Waals surface area contributed by atoms with Gasteiger partial charge in [0, 0.05) is 36.8 Å². The minimum Gasteiger partial charge on any atom is -0.385 e. The lowest BCUT2D eigenvalue weighted by molar-refractivity contribution is -0.117. The highest BCUT2D eigenvalue weighted by atomic mass is 35.5. The molecule has 5 nitrogen and oxygen atoms in total. The highest BCUT2D eigenvalue weighted by Gasteiger charge is 2.30. The van der Waals surface area contributed by atoms with E-state index in [1.54, 1.807) is 13.2 Å². The molecule has 24 heavy (non-hydrogen) atoms. The van der Waals surface area contributed by atoms with Crippen molar-refractivity contribution in [1.82, 2.24) is 0 Å². The third-order valence-electron chi connectivity index (χ3n) is 4.49. The molecule has 0 aromatic heterocycles. The molecular formula is C18H23ClN2O3. The van der Waals surface area contributed by atoms with E-state index in [1.807, 2.05) is 12.1 Å². The van der Waals surface area contributed by atoms with Crippen molar-refractivity contribution in [3.05, 3.63) is 28.8 Å². The largest absolute Gasteiger partial charge is 0.385 e. The quantitative estimate of drug-likeness (QED) is 0.829. The van der Waals surface area contributed by atoms with Crippen LogP contribution in [0.1, 0.15) is 31.2 Å². The Labute approximate surface area is 147 Å². The number of methoxy groups -OCH3 is 1. The summed E-state index contributed by atoms with van der Waals surface area (Å²) in [7, 11) is 1.67. The van der Waals surface area contributed by atoms with E-state index < -0.39 is 6.04 Å². The molecule has 1 amide bonds. The zero-order chi connectivity index (χ0) is 16.9. The van der Waals surface area contributed by atoms with Crippen molar-refractivity contribution < 1.29 is 14.3 Å². The standard InChI is InChI=1S/C18H23ClN2O3/c1-23-8-3-5-15-18(22)21-16-10-13(19)6-7-14(16)17(20-15)12-4-2-9-24-11-12/h6-7,10,12,15H,2-5,8-9,11H2,1H3,(H,21,22). The van der Waals surface area contributed by atoms with Gasteiger partial charge in [-0.1, -0.05) is 11.6 Å². The van der Waals surface area contributed by atoms with E-state index in [0.717, 1.165) is 42.8 Å². The maximum atomic E-state index is 12.6. The highest BCUT2D eigenvalue weighted by molar-refractivity contribution is 6.31. The van der Waals surface area contributed by atoms with Gasteiger partial charge in [-0.25, -0.2) is 0 Å². The van der Waals surface area contributed by atoms with Crippen LogP contribution >= 0.6 is 11.6 Å². The van der Waals surface area contributed by atoms with Gasteiger partial charge in [0.15, 0.2) is 0 Å². The Hall–Kier alpha value is -1.43. The number of amides is 1. The van der Waals surface area contributed by atoms with Gasteiger partial charge in [0.2, 0.25) is 5.91 Å². The number of rotatable bonds is 5. The van der Waals surface area contributed by atoms with E-state index in [1.165, 1.54) is 0 Å². The van der Waals surface area contributed by atoms with Gasteiger partial charge in [0.1, 0.15) is 6.04 Å². The molecule has 0 spiro atoms. The molecule has 0 aliphatic carbocycles. The number of carbonyl (C=O) groups excluding carboxylic acids is 1. The number of halogens is 1. The number of benzene rings is 1. The van der Waals surface area contributed by atoms with Crippen LogP contribution in [-0.4, -0.2) is 44.6 Å². The zero-order valence-electron chi connectivity index (χ0n) is 13.9. The predicted molar refractivity (Wildman–Crippen MR) is 95.1 cm³/mol. The second-order valence-corrected chi connectivity index (χ2v) is 6.69. The highest BCUT2D eigenvalue weighted by Crippen LogP contribution is 2.30. The van der Waals surface area contributed by atoms with Crippen LogP contribution in [0.3, 0.4) is 0 Å². The summed E-state index contributed by atoms with van der Waals surface area (Å²) < 4.78 is 10.7. The minimum absolute atomic E-state index is 0.0821. The maximum absolute atomic E-state index is 12.6. The lowest BCUT2D eigenvalue weighted by atomic mass is 9.91. The molecule has 0 bridgehead atoms. The fraction of sp³-hybridized carbons (Fsp3) is 0.556. The van der Waals surface area contributed by atoms with Crippen LogP contribution in [0.25, 0.3) is 0 Å². The molecule has 1 saturated heterocycles. The summed E-state index contributed by atoms with van der Waals surface area (Å²) in [4.78, 5) is 17.4. The predicted octanol–water partition coefficient (Wildman–Crippen LogP) is 3.30. The van der Waals surface area contributed by atoms with Gasteiger partial charge < -0.3 is 14.8 Å². The first-order chi connectivity index (χ1) is 11.7. The number of aliphatic imine (C=N–C) groups is 1. The number of carbonyl (C=O) groups is 1. The van der Waals surface area contributed by atoms with E-state index >= 15 is 0 Å². The lowest BCUT2D eigenvalue weighted by Gasteiger charge is -2.24.